The lowest BCUT2D eigenvalue weighted by Crippen LogP contribution is -2.53. The molecule has 1 aromatic carbocycles. The smallest absolute Gasteiger partial charge is 0.173 e. The summed E-state index contributed by atoms with van der Waals surface area (Å²) in [7, 11) is -2.82. The molecule has 144 valence electrons. The number of hydrogen-bond donors (Lipinski definition) is 1. The van der Waals surface area contributed by atoms with E-state index in [1.165, 1.54) is 18.4 Å². The number of aryl methyl sites for hydroxylation is 1. The zero-order valence-corrected chi connectivity index (χ0v) is 17.1. The highest BCUT2D eigenvalue weighted by Crippen LogP contribution is 2.20. The van der Waals surface area contributed by atoms with Gasteiger partial charge in [0.1, 0.15) is 0 Å². The maximum atomic E-state index is 11.7. The number of benzene rings is 1. The van der Waals surface area contributed by atoms with Gasteiger partial charge in [0.2, 0.25) is 0 Å². The fraction of sp³-hybridized carbons (Fsp3) is 0.632. The Morgan fingerprint density at radius 3 is 2.46 bits per heavy atom. The van der Waals surface area contributed by atoms with Crippen LogP contribution in [0.3, 0.4) is 0 Å². The van der Waals surface area contributed by atoms with Crippen LogP contribution < -0.4 is 5.32 Å². The van der Waals surface area contributed by atoms with Gasteiger partial charge in [-0.15, -0.1) is 0 Å². The van der Waals surface area contributed by atoms with Crippen LogP contribution in [0, 0.1) is 0 Å². The lowest BCUT2D eigenvalue weighted by molar-refractivity contribution is 0.144. The van der Waals surface area contributed by atoms with E-state index in [1.54, 1.807) is 0 Å². The first kappa shape index (κ1) is 19.6. The molecule has 0 unspecified atom stereocenters. The summed E-state index contributed by atoms with van der Waals surface area (Å²) in [4.78, 5) is 4.49. The number of unbranched alkanes of at least 4 members (excludes halogenated alkanes) is 1. The number of piperazine rings is 1. The van der Waals surface area contributed by atoms with E-state index in [4.69, 9.17) is 12.2 Å². The first-order valence-corrected chi connectivity index (χ1v) is 11.8. The first-order chi connectivity index (χ1) is 12.5. The van der Waals surface area contributed by atoms with Crippen LogP contribution in [0.15, 0.2) is 24.3 Å². The van der Waals surface area contributed by atoms with Crippen molar-refractivity contribution in [2.24, 2.45) is 0 Å². The molecular formula is C19H29N3O2S2. The molecule has 2 aliphatic heterocycles. The minimum absolute atomic E-state index is 0.194. The molecule has 0 amide bonds. The number of sulfone groups is 1. The van der Waals surface area contributed by atoms with E-state index in [0.29, 0.717) is 11.5 Å². The molecule has 5 nitrogen and oxygen atoms in total. The predicted octanol–water partition coefficient (Wildman–Crippen LogP) is 2.53. The monoisotopic (exact) mass is 395 g/mol. The second-order valence-corrected chi connectivity index (χ2v) is 9.93. The van der Waals surface area contributed by atoms with Crippen molar-refractivity contribution in [3.63, 3.8) is 0 Å². The van der Waals surface area contributed by atoms with Crippen molar-refractivity contribution < 1.29 is 8.42 Å². The average molecular weight is 396 g/mol. The number of nitrogens with zero attached hydrogens (tertiary/aromatic N) is 2. The van der Waals surface area contributed by atoms with Crippen molar-refractivity contribution in [1.29, 1.82) is 0 Å². The molecule has 2 fully saturated rings. The zero-order valence-electron chi connectivity index (χ0n) is 15.5. The second kappa shape index (κ2) is 8.67. The van der Waals surface area contributed by atoms with Crippen LogP contribution in [0.5, 0.6) is 0 Å². The molecule has 0 aromatic heterocycles. The summed E-state index contributed by atoms with van der Waals surface area (Å²) < 4.78 is 23.3. The molecule has 26 heavy (non-hydrogen) atoms. The molecule has 1 aromatic rings. The number of rotatable bonds is 5. The molecule has 1 atom stereocenters. The van der Waals surface area contributed by atoms with Crippen molar-refractivity contribution in [2.45, 2.75) is 38.6 Å². The molecule has 1 N–H and O–H groups in total. The predicted molar refractivity (Wildman–Crippen MR) is 111 cm³/mol. The highest BCUT2D eigenvalue weighted by atomic mass is 32.2. The summed E-state index contributed by atoms with van der Waals surface area (Å²) in [5, 5.41) is 4.09. The normalized spacial score (nSPS) is 23.1. The van der Waals surface area contributed by atoms with Crippen LogP contribution in [0.2, 0.25) is 0 Å². The van der Waals surface area contributed by atoms with Gasteiger partial charge in [0, 0.05) is 37.9 Å². The molecule has 0 radical (unpaired) electrons. The number of hydrogen-bond acceptors (Lipinski definition) is 4. The van der Waals surface area contributed by atoms with Gasteiger partial charge in [-0.1, -0.05) is 25.5 Å². The van der Waals surface area contributed by atoms with Crippen molar-refractivity contribution in [3.8, 4) is 0 Å². The third-order valence-electron chi connectivity index (χ3n) is 5.35. The van der Waals surface area contributed by atoms with E-state index in [0.717, 1.165) is 49.8 Å². The lowest BCUT2D eigenvalue weighted by atomic mass is 10.1. The van der Waals surface area contributed by atoms with E-state index in [1.807, 2.05) is 0 Å². The summed E-state index contributed by atoms with van der Waals surface area (Å²) in [6, 6.07) is 8.71. The summed E-state index contributed by atoms with van der Waals surface area (Å²) in [6.45, 7) is 5.64. The van der Waals surface area contributed by atoms with Gasteiger partial charge in [-0.3, -0.25) is 4.90 Å². The molecule has 0 spiro atoms. The maximum Gasteiger partial charge on any atom is 0.173 e. The van der Waals surface area contributed by atoms with E-state index < -0.39 is 9.84 Å². The van der Waals surface area contributed by atoms with Gasteiger partial charge in [0.05, 0.1) is 11.5 Å². The number of thiocarbonyl (C=S) groups is 1. The van der Waals surface area contributed by atoms with E-state index >= 15 is 0 Å². The Morgan fingerprint density at radius 2 is 1.88 bits per heavy atom. The molecule has 0 saturated carbocycles. The van der Waals surface area contributed by atoms with E-state index in [9.17, 15) is 8.42 Å². The fourth-order valence-electron chi connectivity index (χ4n) is 3.69. The Hall–Kier alpha value is -1.18. The summed E-state index contributed by atoms with van der Waals surface area (Å²) >= 11 is 5.57. The second-order valence-electron chi connectivity index (χ2n) is 7.31. The minimum Gasteiger partial charge on any atom is -0.346 e. The van der Waals surface area contributed by atoms with Crippen LogP contribution in [-0.4, -0.2) is 67.1 Å². The largest absolute Gasteiger partial charge is 0.346 e. The molecule has 3 rings (SSSR count). The molecule has 7 heteroatoms. The minimum atomic E-state index is -2.82. The fourth-order valence-corrected chi connectivity index (χ4v) is 5.75. The van der Waals surface area contributed by atoms with Gasteiger partial charge in [-0.05, 0) is 49.2 Å². The lowest BCUT2D eigenvalue weighted by Gasteiger charge is -2.38. The Balaban J connectivity index is 1.46. The summed E-state index contributed by atoms with van der Waals surface area (Å²) in [5.74, 6) is 0.659. The summed E-state index contributed by atoms with van der Waals surface area (Å²) in [5.41, 5.74) is 2.39. The van der Waals surface area contributed by atoms with E-state index in [-0.39, 0.29) is 6.04 Å². The molecule has 0 aliphatic carbocycles. The van der Waals surface area contributed by atoms with Crippen LogP contribution in [0.1, 0.15) is 31.7 Å². The maximum absolute atomic E-state index is 11.7. The SMILES string of the molecule is CCCCc1ccc(NC(=S)N2CCN([C@@H]3CCS(=O)(=O)C3)CC2)cc1. The Labute approximate surface area is 162 Å². The standard InChI is InChI=1S/C19H29N3O2S2/c1-2-3-4-16-5-7-17(8-6-16)20-19(25)22-12-10-21(11-13-22)18-9-14-26(23,24)15-18/h5-8,18H,2-4,9-15H2,1H3,(H,20,25)/t18-/m1/s1. The Kier molecular flexibility index (Phi) is 6.53. The van der Waals surface area contributed by atoms with Crippen LogP contribution in [0.25, 0.3) is 0 Å². The average Bonchev–Trinajstić information content (AvgIpc) is 3.01. The molecule has 2 saturated heterocycles. The van der Waals surface area contributed by atoms with Crippen molar-refractivity contribution in [3.05, 3.63) is 29.8 Å². The zero-order chi connectivity index (χ0) is 18.6. The van der Waals surface area contributed by atoms with Crippen molar-refractivity contribution in [2.75, 3.05) is 43.0 Å². The molecule has 2 aliphatic rings. The topological polar surface area (TPSA) is 52.6 Å². The number of nitrogens with one attached hydrogen (secondary N) is 1. The van der Waals surface area contributed by atoms with E-state index in [2.05, 4.69) is 46.3 Å². The molecular weight excluding hydrogens is 366 g/mol. The quantitative estimate of drug-likeness (QED) is 0.774. The van der Waals surface area contributed by atoms with Gasteiger partial charge in [0.15, 0.2) is 14.9 Å². The molecule has 0 bridgehead atoms. The van der Waals surface area contributed by atoms with Crippen LogP contribution in [0.4, 0.5) is 5.69 Å². The van der Waals surface area contributed by atoms with Gasteiger partial charge in [-0.2, -0.15) is 0 Å². The van der Waals surface area contributed by atoms with Gasteiger partial charge >= 0.3 is 0 Å². The Morgan fingerprint density at radius 1 is 1.19 bits per heavy atom. The third kappa shape index (κ3) is 5.18. The van der Waals surface area contributed by atoms with Crippen LogP contribution >= 0.6 is 12.2 Å². The van der Waals surface area contributed by atoms with Gasteiger partial charge in [-0.25, -0.2) is 8.42 Å². The Bertz CT molecular complexity index is 711. The first-order valence-electron chi connectivity index (χ1n) is 9.56. The van der Waals surface area contributed by atoms with Crippen molar-refractivity contribution in [1.82, 2.24) is 9.80 Å². The van der Waals surface area contributed by atoms with Gasteiger partial charge < -0.3 is 10.2 Å². The highest BCUT2D eigenvalue weighted by Gasteiger charge is 2.33. The number of anilines is 1. The highest BCUT2D eigenvalue weighted by molar-refractivity contribution is 7.91. The molecule has 2 heterocycles. The van der Waals surface area contributed by atoms with Gasteiger partial charge in [0.25, 0.3) is 0 Å². The third-order valence-corrected chi connectivity index (χ3v) is 7.46. The van der Waals surface area contributed by atoms with Crippen LogP contribution in [-0.2, 0) is 16.3 Å². The van der Waals surface area contributed by atoms with Crippen molar-refractivity contribution >= 4 is 32.9 Å². The summed E-state index contributed by atoms with van der Waals surface area (Å²) in [6.07, 6.45) is 4.33.